The molecule has 1 aromatic carbocycles. The van der Waals surface area contributed by atoms with Crippen molar-refractivity contribution in [2.24, 2.45) is 0 Å². The summed E-state index contributed by atoms with van der Waals surface area (Å²) in [6, 6.07) is 6.06. The highest BCUT2D eigenvalue weighted by Crippen LogP contribution is 2.23. The van der Waals surface area contributed by atoms with E-state index in [0.29, 0.717) is 6.04 Å². The molecule has 2 rings (SSSR count). The molecule has 0 radical (unpaired) electrons. The Labute approximate surface area is 119 Å². The first kappa shape index (κ1) is 14.7. The number of benzene rings is 1. The number of hydrogen-bond acceptors (Lipinski definition) is 3. The SMILES string of the molecule is CC(C)NCc1ccc(N2CCCSCC2)c(F)c1. The standard InChI is InChI=1S/C15H23FN2S/c1-12(2)17-11-13-4-5-15(14(16)10-13)18-6-3-8-19-9-7-18/h4-5,10,12,17H,3,6-9,11H2,1-2H3. The molecule has 0 aromatic heterocycles. The maximum Gasteiger partial charge on any atom is 0.146 e. The highest BCUT2D eigenvalue weighted by Gasteiger charge is 2.14. The molecule has 0 spiro atoms. The Hall–Kier alpha value is -0.740. The molecule has 0 aliphatic carbocycles. The molecule has 0 bridgehead atoms. The monoisotopic (exact) mass is 282 g/mol. The molecule has 1 aliphatic heterocycles. The van der Waals surface area contributed by atoms with Crippen LogP contribution >= 0.6 is 11.8 Å². The van der Waals surface area contributed by atoms with Crippen LogP contribution < -0.4 is 10.2 Å². The summed E-state index contributed by atoms with van der Waals surface area (Å²) >= 11 is 1.96. The lowest BCUT2D eigenvalue weighted by Crippen LogP contribution is -2.26. The Morgan fingerprint density at radius 2 is 2.16 bits per heavy atom. The number of rotatable bonds is 4. The summed E-state index contributed by atoms with van der Waals surface area (Å²) in [6.07, 6.45) is 1.14. The summed E-state index contributed by atoms with van der Waals surface area (Å²) in [5.74, 6) is 2.19. The van der Waals surface area contributed by atoms with Crippen molar-refractivity contribution in [3.63, 3.8) is 0 Å². The fourth-order valence-electron chi connectivity index (χ4n) is 2.23. The minimum Gasteiger partial charge on any atom is -0.368 e. The van der Waals surface area contributed by atoms with E-state index in [-0.39, 0.29) is 5.82 Å². The van der Waals surface area contributed by atoms with Crippen LogP contribution in [-0.2, 0) is 6.54 Å². The van der Waals surface area contributed by atoms with Crippen LogP contribution in [0.25, 0.3) is 0 Å². The van der Waals surface area contributed by atoms with Gasteiger partial charge in [-0.15, -0.1) is 0 Å². The van der Waals surface area contributed by atoms with Gasteiger partial charge in [-0.1, -0.05) is 19.9 Å². The molecule has 0 unspecified atom stereocenters. The van der Waals surface area contributed by atoms with Crippen molar-refractivity contribution in [3.05, 3.63) is 29.6 Å². The first-order valence-electron chi connectivity index (χ1n) is 7.01. The van der Waals surface area contributed by atoms with Crippen LogP contribution in [-0.4, -0.2) is 30.6 Å². The third kappa shape index (κ3) is 4.39. The number of nitrogens with zero attached hydrogens (tertiary/aromatic N) is 1. The summed E-state index contributed by atoms with van der Waals surface area (Å²) in [7, 11) is 0. The molecule has 1 aromatic rings. The molecular formula is C15H23FN2S. The summed E-state index contributed by atoms with van der Waals surface area (Å²) in [6.45, 7) is 6.84. The van der Waals surface area contributed by atoms with E-state index >= 15 is 0 Å². The van der Waals surface area contributed by atoms with Crippen LogP contribution in [0.15, 0.2) is 18.2 Å². The smallest absolute Gasteiger partial charge is 0.146 e. The third-order valence-electron chi connectivity index (χ3n) is 3.29. The number of nitrogens with one attached hydrogen (secondary N) is 1. The summed E-state index contributed by atoms with van der Waals surface area (Å²) < 4.78 is 14.2. The Bertz CT molecular complexity index is 401. The molecule has 106 valence electrons. The Morgan fingerprint density at radius 3 is 2.89 bits per heavy atom. The normalized spacial score (nSPS) is 16.7. The molecule has 1 N–H and O–H groups in total. The average molecular weight is 282 g/mol. The van der Waals surface area contributed by atoms with Gasteiger partial charge in [-0.2, -0.15) is 11.8 Å². The quantitative estimate of drug-likeness (QED) is 0.912. The summed E-state index contributed by atoms with van der Waals surface area (Å²) in [5.41, 5.74) is 1.77. The fraction of sp³-hybridized carbons (Fsp3) is 0.600. The van der Waals surface area contributed by atoms with Gasteiger partial charge in [0, 0.05) is 31.4 Å². The predicted octanol–water partition coefficient (Wildman–Crippen LogP) is 3.27. The minimum absolute atomic E-state index is 0.0880. The average Bonchev–Trinajstić information content (AvgIpc) is 2.65. The van der Waals surface area contributed by atoms with Crippen molar-refractivity contribution in [2.45, 2.75) is 32.9 Å². The molecule has 4 heteroatoms. The van der Waals surface area contributed by atoms with E-state index < -0.39 is 0 Å². The van der Waals surface area contributed by atoms with Gasteiger partial charge in [0.2, 0.25) is 0 Å². The molecule has 1 aliphatic rings. The van der Waals surface area contributed by atoms with Crippen molar-refractivity contribution in [2.75, 3.05) is 29.5 Å². The van der Waals surface area contributed by atoms with Gasteiger partial charge >= 0.3 is 0 Å². The van der Waals surface area contributed by atoms with Gasteiger partial charge < -0.3 is 10.2 Å². The zero-order valence-corrected chi connectivity index (χ0v) is 12.6. The van der Waals surface area contributed by atoms with E-state index in [2.05, 4.69) is 24.1 Å². The highest BCUT2D eigenvalue weighted by molar-refractivity contribution is 7.99. The molecule has 1 fully saturated rings. The maximum atomic E-state index is 14.2. The first-order valence-corrected chi connectivity index (χ1v) is 8.17. The number of hydrogen-bond donors (Lipinski definition) is 1. The largest absolute Gasteiger partial charge is 0.368 e. The van der Waals surface area contributed by atoms with E-state index in [1.54, 1.807) is 6.07 Å². The Morgan fingerprint density at radius 1 is 1.32 bits per heavy atom. The topological polar surface area (TPSA) is 15.3 Å². The first-order chi connectivity index (χ1) is 9.16. The summed E-state index contributed by atoms with van der Waals surface area (Å²) in [4.78, 5) is 2.18. The van der Waals surface area contributed by atoms with Gasteiger partial charge in [0.05, 0.1) is 5.69 Å². The van der Waals surface area contributed by atoms with Gasteiger partial charge in [-0.25, -0.2) is 4.39 Å². The van der Waals surface area contributed by atoms with Crippen LogP contribution in [0, 0.1) is 5.82 Å². The van der Waals surface area contributed by atoms with Crippen LogP contribution in [0.5, 0.6) is 0 Å². The van der Waals surface area contributed by atoms with E-state index in [1.165, 1.54) is 5.75 Å². The lowest BCUT2D eigenvalue weighted by atomic mass is 10.1. The van der Waals surface area contributed by atoms with Crippen LogP contribution in [0.1, 0.15) is 25.8 Å². The van der Waals surface area contributed by atoms with Gasteiger partial charge in [0.15, 0.2) is 0 Å². The second-order valence-corrected chi connectivity index (χ2v) is 6.50. The summed E-state index contributed by atoms with van der Waals surface area (Å²) in [5, 5.41) is 3.31. The van der Waals surface area contributed by atoms with Crippen LogP contribution in [0.4, 0.5) is 10.1 Å². The molecular weight excluding hydrogens is 259 g/mol. The zero-order valence-electron chi connectivity index (χ0n) is 11.8. The van der Waals surface area contributed by atoms with Crippen molar-refractivity contribution >= 4 is 17.4 Å². The van der Waals surface area contributed by atoms with Crippen LogP contribution in [0.3, 0.4) is 0 Å². The van der Waals surface area contributed by atoms with Crippen LogP contribution in [0.2, 0.25) is 0 Å². The van der Waals surface area contributed by atoms with E-state index in [0.717, 1.165) is 43.1 Å². The van der Waals surface area contributed by atoms with Crippen molar-refractivity contribution in [3.8, 4) is 0 Å². The second kappa shape index (κ2) is 7.15. The number of thioether (sulfide) groups is 1. The van der Waals surface area contributed by atoms with Crippen molar-refractivity contribution in [1.29, 1.82) is 0 Å². The van der Waals surface area contributed by atoms with Crippen molar-refractivity contribution < 1.29 is 4.39 Å². The minimum atomic E-state index is -0.0880. The zero-order chi connectivity index (χ0) is 13.7. The third-order valence-corrected chi connectivity index (χ3v) is 4.34. The molecule has 1 heterocycles. The van der Waals surface area contributed by atoms with Gasteiger partial charge in [0.25, 0.3) is 0 Å². The van der Waals surface area contributed by atoms with Gasteiger partial charge in [-0.3, -0.25) is 0 Å². The number of halogens is 1. The molecule has 0 atom stereocenters. The van der Waals surface area contributed by atoms with E-state index in [9.17, 15) is 4.39 Å². The lowest BCUT2D eigenvalue weighted by molar-refractivity contribution is 0.580. The Balaban J connectivity index is 2.05. The highest BCUT2D eigenvalue weighted by atomic mass is 32.2. The van der Waals surface area contributed by atoms with Gasteiger partial charge in [0.1, 0.15) is 5.82 Å². The maximum absolute atomic E-state index is 14.2. The number of anilines is 1. The predicted molar refractivity (Wildman–Crippen MR) is 82.5 cm³/mol. The molecule has 0 saturated carbocycles. The molecule has 19 heavy (non-hydrogen) atoms. The fourth-order valence-corrected chi connectivity index (χ4v) is 3.11. The van der Waals surface area contributed by atoms with E-state index in [4.69, 9.17) is 0 Å². The Kier molecular flexibility index (Phi) is 5.52. The molecule has 1 saturated heterocycles. The van der Waals surface area contributed by atoms with E-state index in [1.807, 2.05) is 23.9 Å². The van der Waals surface area contributed by atoms with Crippen molar-refractivity contribution in [1.82, 2.24) is 5.32 Å². The molecule has 2 nitrogen and oxygen atoms in total. The lowest BCUT2D eigenvalue weighted by Gasteiger charge is -2.23. The van der Waals surface area contributed by atoms with Gasteiger partial charge in [-0.05, 0) is 29.9 Å². The second-order valence-electron chi connectivity index (χ2n) is 5.27. The molecule has 0 amide bonds.